The lowest BCUT2D eigenvalue weighted by molar-refractivity contribution is 0.269. The fourth-order valence-corrected chi connectivity index (χ4v) is 3.65. The first-order chi connectivity index (χ1) is 14.5. The molecular formula is C21H24Cl2N4O2S. The lowest BCUT2D eigenvalue weighted by Crippen LogP contribution is -2.17. The summed E-state index contributed by atoms with van der Waals surface area (Å²) >= 11 is 17.8. The van der Waals surface area contributed by atoms with Gasteiger partial charge in [-0.3, -0.25) is 5.10 Å². The van der Waals surface area contributed by atoms with Crippen molar-refractivity contribution in [2.24, 2.45) is 0 Å². The van der Waals surface area contributed by atoms with E-state index in [9.17, 15) is 0 Å². The summed E-state index contributed by atoms with van der Waals surface area (Å²) in [7, 11) is 0. The molecule has 0 aliphatic carbocycles. The highest BCUT2D eigenvalue weighted by molar-refractivity contribution is 7.71. The van der Waals surface area contributed by atoms with Crippen LogP contribution in [0.15, 0.2) is 36.4 Å². The third-order valence-corrected chi connectivity index (χ3v) is 5.38. The number of aromatic nitrogens is 3. The number of aryl methyl sites for hydroxylation is 1. The minimum atomic E-state index is 0.251. The fraction of sp³-hybridized carbons (Fsp3) is 0.333. The minimum Gasteiger partial charge on any atom is -0.490 e. The van der Waals surface area contributed by atoms with Gasteiger partial charge in [0.15, 0.2) is 17.3 Å². The van der Waals surface area contributed by atoms with Crippen molar-refractivity contribution in [2.75, 3.05) is 12.0 Å². The molecule has 0 aliphatic heterocycles. The first kappa shape index (κ1) is 22.5. The smallest absolute Gasteiger partial charge is 0.214 e. The van der Waals surface area contributed by atoms with Gasteiger partial charge in [0, 0.05) is 22.0 Å². The summed E-state index contributed by atoms with van der Waals surface area (Å²) in [5, 5.41) is 8.23. The van der Waals surface area contributed by atoms with Crippen LogP contribution in [0.25, 0.3) is 0 Å². The molecule has 0 radical (unpaired) electrons. The maximum Gasteiger partial charge on any atom is 0.214 e. The Kier molecular flexibility index (Phi) is 8.01. The van der Waals surface area contributed by atoms with E-state index in [-0.39, 0.29) is 6.61 Å². The van der Waals surface area contributed by atoms with E-state index in [0.717, 1.165) is 29.8 Å². The summed E-state index contributed by atoms with van der Waals surface area (Å²) in [6.45, 7) is 5.36. The van der Waals surface area contributed by atoms with Gasteiger partial charge in [-0.1, -0.05) is 42.3 Å². The van der Waals surface area contributed by atoms with Crippen molar-refractivity contribution in [3.8, 4) is 11.5 Å². The zero-order chi connectivity index (χ0) is 21.5. The Balaban J connectivity index is 1.73. The van der Waals surface area contributed by atoms with E-state index in [1.54, 1.807) is 18.2 Å². The van der Waals surface area contributed by atoms with Gasteiger partial charge in [-0.05, 0) is 55.4 Å². The predicted molar refractivity (Wildman–Crippen MR) is 123 cm³/mol. The fourth-order valence-electron chi connectivity index (χ4n) is 2.92. The lowest BCUT2D eigenvalue weighted by atomic mass is 10.2. The average molecular weight is 467 g/mol. The van der Waals surface area contributed by atoms with E-state index in [4.69, 9.17) is 44.9 Å². The Hall–Kier alpha value is -2.22. The summed E-state index contributed by atoms with van der Waals surface area (Å²) < 4.78 is 14.1. The second-order valence-corrected chi connectivity index (χ2v) is 7.77. The van der Waals surface area contributed by atoms with Crippen molar-refractivity contribution in [3.63, 3.8) is 0 Å². The highest BCUT2D eigenvalue weighted by Crippen LogP contribution is 2.31. The monoisotopic (exact) mass is 466 g/mol. The first-order valence-corrected chi connectivity index (χ1v) is 10.9. The van der Waals surface area contributed by atoms with Crippen molar-refractivity contribution >= 4 is 35.4 Å². The van der Waals surface area contributed by atoms with Gasteiger partial charge in [0.2, 0.25) is 4.77 Å². The number of benzene rings is 2. The molecule has 2 N–H and O–H groups in total. The quantitative estimate of drug-likeness (QED) is 0.363. The van der Waals surface area contributed by atoms with Gasteiger partial charge in [0.25, 0.3) is 0 Å². The molecule has 9 heteroatoms. The van der Waals surface area contributed by atoms with Crippen LogP contribution < -0.4 is 14.9 Å². The third-order valence-electron chi connectivity index (χ3n) is 4.40. The molecule has 0 amide bonds. The average Bonchev–Trinajstić information content (AvgIpc) is 3.07. The third kappa shape index (κ3) is 5.47. The summed E-state index contributed by atoms with van der Waals surface area (Å²) in [6, 6.07) is 11.2. The molecule has 6 nitrogen and oxygen atoms in total. The zero-order valence-corrected chi connectivity index (χ0v) is 19.2. The van der Waals surface area contributed by atoms with Crippen LogP contribution in [0, 0.1) is 4.77 Å². The van der Waals surface area contributed by atoms with Gasteiger partial charge in [-0.2, -0.15) is 5.10 Å². The number of aromatic amines is 1. The second-order valence-electron chi connectivity index (χ2n) is 6.57. The topological polar surface area (TPSA) is 64.1 Å². The highest BCUT2D eigenvalue weighted by Gasteiger charge is 2.11. The van der Waals surface area contributed by atoms with Crippen molar-refractivity contribution in [1.29, 1.82) is 0 Å². The normalized spacial score (nSPS) is 10.8. The predicted octanol–water partition coefficient (Wildman–Crippen LogP) is 5.92. The van der Waals surface area contributed by atoms with Crippen LogP contribution in [0.2, 0.25) is 10.0 Å². The van der Waals surface area contributed by atoms with Crippen molar-refractivity contribution in [2.45, 2.75) is 39.8 Å². The van der Waals surface area contributed by atoms with Crippen LogP contribution in [-0.2, 0) is 19.6 Å². The summed E-state index contributed by atoms with van der Waals surface area (Å²) in [6.07, 6.45) is 1.82. The van der Waals surface area contributed by atoms with E-state index in [0.29, 0.717) is 39.5 Å². The summed E-state index contributed by atoms with van der Waals surface area (Å²) in [4.78, 5) is 0. The highest BCUT2D eigenvalue weighted by atomic mass is 35.5. The molecule has 0 bridgehead atoms. The van der Waals surface area contributed by atoms with Gasteiger partial charge < -0.3 is 14.9 Å². The molecule has 2 aromatic carbocycles. The molecule has 160 valence electrons. The Labute approximate surface area is 191 Å². The number of hydrogen-bond acceptors (Lipinski definition) is 5. The van der Waals surface area contributed by atoms with Gasteiger partial charge in [0.05, 0.1) is 13.2 Å². The number of H-pyrrole nitrogens is 1. The number of halogens is 2. The maximum atomic E-state index is 6.24. The van der Waals surface area contributed by atoms with Crippen LogP contribution in [0.4, 0.5) is 0 Å². The summed E-state index contributed by atoms with van der Waals surface area (Å²) in [5.41, 5.74) is 5.07. The largest absolute Gasteiger partial charge is 0.490 e. The SMILES string of the molecule is CCCc1n[nH]c(=S)n1NCc1ccc(OCc2c(Cl)cccc2Cl)c(OCC)c1. The van der Waals surface area contributed by atoms with Crippen LogP contribution in [0.1, 0.15) is 37.2 Å². The van der Waals surface area contributed by atoms with E-state index in [1.165, 1.54) is 0 Å². The van der Waals surface area contributed by atoms with Crippen molar-refractivity contribution < 1.29 is 9.47 Å². The molecule has 3 rings (SSSR count). The zero-order valence-electron chi connectivity index (χ0n) is 16.9. The Morgan fingerprint density at radius 1 is 1.10 bits per heavy atom. The molecule has 0 saturated carbocycles. The molecule has 0 saturated heterocycles. The van der Waals surface area contributed by atoms with E-state index < -0.39 is 0 Å². The van der Waals surface area contributed by atoms with Gasteiger partial charge >= 0.3 is 0 Å². The van der Waals surface area contributed by atoms with Crippen LogP contribution >= 0.6 is 35.4 Å². The second kappa shape index (κ2) is 10.7. The molecule has 0 aliphatic rings. The Morgan fingerprint density at radius 2 is 1.87 bits per heavy atom. The Bertz CT molecular complexity index is 1030. The molecule has 0 spiro atoms. The number of nitrogens with one attached hydrogen (secondary N) is 2. The van der Waals surface area contributed by atoms with Crippen molar-refractivity contribution in [1.82, 2.24) is 14.9 Å². The van der Waals surface area contributed by atoms with Crippen LogP contribution in [-0.4, -0.2) is 21.5 Å². The number of hydrogen-bond donors (Lipinski definition) is 2. The number of nitrogens with zero attached hydrogens (tertiary/aromatic N) is 2. The van der Waals surface area contributed by atoms with E-state index >= 15 is 0 Å². The molecular weight excluding hydrogens is 443 g/mol. The molecule has 0 atom stereocenters. The van der Waals surface area contributed by atoms with Crippen molar-refractivity contribution in [3.05, 3.63) is 68.2 Å². The van der Waals surface area contributed by atoms with Crippen LogP contribution in [0.5, 0.6) is 11.5 Å². The van der Waals surface area contributed by atoms with Gasteiger partial charge in [0.1, 0.15) is 6.61 Å². The number of ether oxygens (including phenoxy) is 2. The van der Waals surface area contributed by atoms with E-state index in [1.807, 2.05) is 29.8 Å². The lowest BCUT2D eigenvalue weighted by Gasteiger charge is -2.15. The van der Waals surface area contributed by atoms with Gasteiger partial charge in [-0.15, -0.1) is 0 Å². The molecule has 0 fully saturated rings. The van der Waals surface area contributed by atoms with Crippen LogP contribution in [0.3, 0.4) is 0 Å². The molecule has 0 unspecified atom stereocenters. The molecule has 1 heterocycles. The standard InChI is InChI=1S/C21H24Cl2N4O2S/c1-3-6-20-25-26-21(30)27(20)24-12-14-9-10-18(19(11-14)28-4-2)29-13-15-16(22)7-5-8-17(15)23/h5,7-11,24H,3-4,6,12-13H2,1-2H3,(H,26,30). The molecule has 30 heavy (non-hydrogen) atoms. The van der Waals surface area contributed by atoms with E-state index in [2.05, 4.69) is 22.5 Å². The first-order valence-electron chi connectivity index (χ1n) is 9.75. The number of rotatable bonds is 10. The van der Waals surface area contributed by atoms with Gasteiger partial charge in [-0.25, -0.2) is 4.68 Å². The maximum absolute atomic E-state index is 6.24. The summed E-state index contributed by atoms with van der Waals surface area (Å²) in [5.74, 6) is 2.16. The molecule has 1 aromatic heterocycles. The molecule has 3 aromatic rings. The minimum absolute atomic E-state index is 0.251. The Morgan fingerprint density at radius 3 is 2.57 bits per heavy atom.